The molecule has 0 aromatic heterocycles. The zero-order chi connectivity index (χ0) is 24.0. The molecule has 1 spiro atoms. The molecule has 2 heterocycles. The Bertz CT molecular complexity index is 1330. The number of hydrogen-bond donors (Lipinski definition) is 1. The van der Waals surface area contributed by atoms with Crippen LogP contribution in [0.15, 0.2) is 78.9 Å². The van der Waals surface area contributed by atoms with Crippen molar-refractivity contribution < 1.29 is 19.3 Å². The molecule has 4 amide bonds. The van der Waals surface area contributed by atoms with E-state index in [0.29, 0.717) is 22.5 Å². The minimum atomic E-state index is -1.73. The molecule has 3 aromatic rings. The van der Waals surface area contributed by atoms with Gasteiger partial charge in [-0.2, -0.15) is 0 Å². The van der Waals surface area contributed by atoms with Gasteiger partial charge in [-0.3, -0.25) is 25.0 Å². The zero-order valence-corrected chi connectivity index (χ0v) is 18.2. The summed E-state index contributed by atoms with van der Waals surface area (Å²) < 4.78 is 0. The van der Waals surface area contributed by atoms with E-state index in [2.05, 4.69) is 5.32 Å². The van der Waals surface area contributed by atoms with Gasteiger partial charge in [0.05, 0.1) is 16.7 Å². The molecule has 170 valence electrons. The summed E-state index contributed by atoms with van der Waals surface area (Å²) in [5.74, 6) is -1.40. The van der Waals surface area contributed by atoms with Crippen LogP contribution in [-0.4, -0.2) is 29.8 Å². The summed E-state index contributed by atoms with van der Waals surface area (Å²) in [7, 11) is 1.74. The van der Waals surface area contributed by atoms with E-state index < -0.39 is 34.2 Å². The molecule has 1 saturated heterocycles. The van der Waals surface area contributed by atoms with Crippen molar-refractivity contribution in [1.29, 1.82) is 0 Å². The number of anilines is 2. The molecule has 9 heteroatoms. The van der Waals surface area contributed by atoms with E-state index in [1.54, 1.807) is 48.3 Å². The second-order valence-electron chi connectivity index (χ2n) is 8.38. The van der Waals surface area contributed by atoms with Gasteiger partial charge in [0.25, 0.3) is 11.6 Å². The highest BCUT2D eigenvalue weighted by Crippen LogP contribution is 2.51. The average molecular weight is 456 g/mol. The van der Waals surface area contributed by atoms with Gasteiger partial charge < -0.3 is 4.90 Å². The summed E-state index contributed by atoms with van der Waals surface area (Å²) in [5, 5.41) is 13.8. The van der Waals surface area contributed by atoms with Gasteiger partial charge >= 0.3 is 6.03 Å². The largest absolute Gasteiger partial charge is 0.366 e. The molecular formula is C25H20N4O5. The fraction of sp³-hybridized carbons (Fsp3) is 0.160. The fourth-order valence-corrected chi connectivity index (χ4v) is 5.04. The molecule has 0 unspecified atom stereocenters. The highest BCUT2D eigenvalue weighted by atomic mass is 16.6. The van der Waals surface area contributed by atoms with Gasteiger partial charge in [-0.05, 0) is 29.3 Å². The fourth-order valence-electron chi connectivity index (χ4n) is 5.04. The lowest BCUT2D eigenvalue weighted by Gasteiger charge is -2.50. The summed E-state index contributed by atoms with van der Waals surface area (Å²) in [6, 6.07) is 20.3. The zero-order valence-electron chi connectivity index (χ0n) is 18.2. The first-order valence-electron chi connectivity index (χ1n) is 10.6. The number of nitrogens with one attached hydrogen (secondary N) is 1. The second-order valence-corrected chi connectivity index (χ2v) is 8.38. The number of hydrogen-bond acceptors (Lipinski definition) is 6. The number of rotatable bonds is 3. The van der Waals surface area contributed by atoms with Crippen molar-refractivity contribution in [2.75, 3.05) is 16.8 Å². The number of non-ortho nitro benzene ring substituents is 1. The van der Waals surface area contributed by atoms with Crippen molar-refractivity contribution in [1.82, 2.24) is 5.32 Å². The van der Waals surface area contributed by atoms with Crippen LogP contribution in [0.4, 0.5) is 21.9 Å². The van der Waals surface area contributed by atoms with Crippen LogP contribution >= 0.6 is 0 Å². The molecule has 0 aliphatic carbocycles. The first kappa shape index (κ1) is 21.3. The van der Waals surface area contributed by atoms with E-state index in [9.17, 15) is 24.5 Å². The van der Waals surface area contributed by atoms with Crippen LogP contribution < -0.4 is 15.1 Å². The molecule has 0 saturated carbocycles. The topological polar surface area (TPSA) is 113 Å². The maximum Gasteiger partial charge on any atom is 0.335 e. The monoisotopic (exact) mass is 456 g/mol. The van der Waals surface area contributed by atoms with E-state index in [4.69, 9.17) is 0 Å². The molecule has 34 heavy (non-hydrogen) atoms. The lowest BCUT2D eigenvalue weighted by Crippen LogP contribution is -2.69. The van der Waals surface area contributed by atoms with Crippen molar-refractivity contribution in [3.05, 3.63) is 100 Å². The average Bonchev–Trinajstić information content (AvgIpc) is 2.84. The molecule has 5 rings (SSSR count). The standard InChI is InChI=1S/C25H20N4O5/c1-27-20-13-12-19(29(33)34)14-17(20)15-25(21(27)16-8-4-2-5-9-16)22(30)26-24(32)28(23(25)31)18-10-6-3-7-11-18/h2-14,21H,15H2,1H3,(H,26,30,32)/t21-,25-/m0/s1. The Morgan fingerprint density at radius 3 is 2.26 bits per heavy atom. The van der Waals surface area contributed by atoms with Crippen LogP contribution in [0.2, 0.25) is 0 Å². The van der Waals surface area contributed by atoms with Gasteiger partial charge in [-0.1, -0.05) is 48.5 Å². The number of barbiturate groups is 1. The van der Waals surface area contributed by atoms with Crippen LogP contribution in [0.25, 0.3) is 0 Å². The Kier molecular flexibility index (Phi) is 4.89. The highest BCUT2D eigenvalue weighted by Gasteiger charge is 2.62. The number of nitro groups is 1. The maximum atomic E-state index is 14.2. The van der Waals surface area contributed by atoms with Crippen molar-refractivity contribution in [3.8, 4) is 0 Å². The van der Waals surface area contributed by atoms with E-state index >= 15 is 0 Å². The van der Waals surface area contributed by atoms with E-state index in [-0.39, 0.29) is 12.1 Å². The van der Waals surface area contributed by atoms with Crippen LogP contribution in [0, 0.1) is 15.5 Å². The third-order valence-corrected chi connectivity index (χ3v) is 6.52. The summed E-state index contributed by atoms with van der Waals surface area (Å²) in [4.78, 5) is 54.3. The number of para-hydroxylation sites is 1. The van der Waals surface area contributed by atoms with Gasteiger partial charge in [0.1, 0.15) is 0 Å². The van der Waals surface area contributed by atoms with Crippen molar-refractivity contribution in [2.24, 2.45) is 5.41 Å². The molecule has 0 radical (unpaired) electrons. The third-order valence-electron chi connectivity index (χ3n) is 6.52. The maximum absolute atomic E-state index is 14.2. The SMILES string of the molecule is CN1c2ccc([N+](=O)[O-])cc2C[C@@]2(C(=O)NC(=O)N(c3ccccc3)C2=O)[C@@H]1c1ccccc1. The molecule has 3 aromatic carbocycles. The van der Waals surface area contributed by atoms with Crippen molar-refractivity contribution in [2.45, 2.75) is 12.5 Å². The first-order valence-corrected chi connectivity index (χ1v) is 10.6. The number of fused-ring (bicyclic) bond motifs is 1. The number of urea groups is 1. The number of nitrogens with zero attached hydrogens (tertiary/aromatic N) is 3. The summed E-state index contributed by atoms with van der Waals surface area (Å²) in [6.07, 6.45) is -0.102. The number of imide groups is 2. The summed E-state index contributed by atoms with van der Waals surface area (Å²) in [6.45, 7) is 0. The molecule has 2 atom stereocenters. The number of nitro benzene ring substituents is 1. The molecule has 2 aliphatic heterocycles. The molecule has 1 N–H and O–H groups in total. The molecule has 1 fully saturated rings. The number of amides is 4. The lowest BCUT2D eigenvalue weighted by molar-refractivity contribution is -0.384. The number of carbonyl (C=O) groups is 3. The molecule has 2 aliphatic rings. The minimum Gasteiger partial charge on any atom is -0.366 e. The Labute approximate surface area is 194 Å². The third kappa shape index (κ3) is 3.05. The number of carbonyl (C=O) groups excluding carboxylic acids is 3. The van der Waals surface area contributed by atoms with E-state index in [0.717, 1.165) is 4.90 Å². The van der Waals surface area contributed by atoms with Gasteiger partial charge in [0.2, 0.25) is 5.91 Å². The van der Waals surface area contributed by atoms with Gasteiger partial charge in [0, 0.05) is 31.3 Å². The van der Waals surface area contributed by atoms with Gasteiger partial charge in [-0.15, -0.1) is 0 Å². The molecule has 9 nitrogen and oxygen atoms in total. The summed E-state index contributed by atoms with van der Waals surface area (Å²) in [5.41, 5.74) is 0.321. The van der Waals surface area contributed by atoms with E-state index in [1.165, 1.54) is 12.1 Å². The van der Waals surface area contributed by atoms with Crippen molar-refractivity contribution >= 4 is 34.9 Å². The van der Waals surface area contributed by atoms with E-state index in [1.807, 2.05) is 30.3 Å². The van der Waals surface area contributed by atoms with Crippen LogP contribution in [-0.2, 0) is 16.0 Å². The normalized spacial score (nSPS) is 21.9. The predicted octanol–water partition coefficient (Wildman–Crippen LogP) is 3.60. The minimum absolute atomic E-state index is 0.102. The summed E-state index contributed by atoms with van der Waals surface area (Å²) >= 11 is 0. The lowest BCUT2D eigenvalue weighted by atomic mass is 9.66. The van der Waals surface area contributed by atoms with Gasteiger partial charge in [-0.25, -0.2) is 9.69 Å². The quantitative estimate of drug-likeness (QED) is 0.366. The van der Waals surface area contributed by atoms with Crippen LogP contribution in [0.3, 0.4) is 0 Å². The Morgan fingerprint density at radius 2 is 1.62 bits per heavy atom. The second kappa shape index (κ2) is 7.80. The van der Waals surface area contributed by atoms with Gasteiger partial charge in [0.15, 0.2) is 5.41 Å². The number of benzene rings is 3. The molecule has 0 bridgehead atoms. The van der Waals surface area contributed by atoms with Crippen molar-refractivity contribution in [3.63, 3.8) is 0 Å². The Hall–Kier alpha value is -4.53. The highest BCUT2D eigenvalue weighted by molar-refractivity contribution is 6.30. The smallest absolute Gasteiger partial charge is 0.335 e. The predicted molar refractivity (Wildman–Crippen MR) is 124 cm³/mol. The Morgan fingerprint density at radius 1 is 0.971 bits per heavy atom. The first-order chi connectivity index (χ1) is 16.3. The Balaban J connectivity index is 1.75. The van der Waals surface area contributed by atoms with Crippen LogP contribution in [0.1, 0.15) is 17.2 Å². The molecular weight excluding hydrogens is 436 g/mol. The van der Waals surface area contributed by atoms with Crippen LogP contribution in [0.5, 0.6) is 0 Å².